The summed E-state index contributed by atoms with van der Waals surface area (Å²) in [4.78, 5) is 13.4. The van der Waals surface area contributed by atoms with E-state index in [1.54, 1.807) is 0 Å². The number of aromatic nitrogens is 1. The molecule has 1 fully saturated rings. The number of nitrogens with zero attached hydrogens (tertiary/aromatic N) is 1. The van der Waals surface area contributed by atoms with Gasteiger partial charge in [-0.3, -0.25) is 4.79 Å². The lowest BCUT2D eigenvalue weighted by atomic mass is 9.89. The smallest absolute Gasteiger partial charge is 0.171 e. The minimum absolute atomic E-state index is 0.110. The van der Waals surface area contributed by atoms with Crippen LogP contribution < -0.4 is 10.5 Å². The van der Waals surface area contributed by atoms with Crippen molar-refractivity contribution in [2.24, 2.45) is 11.7 Å². The third kappa shape index (κ3) is 3.25. The summed E-state index contributed by atoms with van der Waals surface area (Å²) in [6.45, 7) is 1.12. The second-order valence-corrected chi connectivity index (χ2v) is 9.37. The zero-order valence-electron chi connectivity index (χ0n) is 15.3. The van der Waals surface area contributed by atoms with E-state index >= 15 is 0 Å². The van der Waals surface area contributed by atoms with Crippen molar-refractivity contribution in [2.75, 3.05) is 6.61 Å². The van der Waals surface area contributed by atoms with E-state index in [0.717, 1.165) is 51.6 Å². The van der Waals surface area contributed by atoms with Crippen LogP contribution in [0.25, 0.3) is 10.9 Å². The van der Waals surface area contributed by atoms with Gasteiger partial charge in [-0.1, -0.05) is 33.6 Å². The van der Waals surface area contributed by atoms with Gasteiger partial charge in [0.05, 0.1) is 12.5 Å². The largest absolute Gasteiger partial charge is 0.493 e. The third-order valence-corrected chi connectivity index (χ3v) is 6.52. The van der Waals surface area contributed by atoms with Crippen LogP contribution in [0.3, 0.4) is 0 Å². The molecular formula is C22H20BrClN2O2. The number of benzene rings is 2. The van der Waals surface area contributed by atoms with Crippen molar-refractivity contribution in [3.63, 3.8) is 0 Å². The van der Waals surface area contributed by atoms with Crippen LogP contribution in [0, 0.1) is 5.92 Å². The van der Waals surface area contributed by atoms with Gasteiger partial charge in [0.2, 0.25) is 0 Å². The van der Waals surface area contributed by atoms with Gasteiger partial charge in [0.15, 0.2) is 5.78 Å². The van der Waals surface area contributed by atoms with Crippen LogP contribution >= 0.6 is 27.5 Å². The third-order valence-electron chi connectivity index (χ3n) is 5.79. The molecule has 4 nitrogen and oxygen atoms in total. The molecule has 6 heteroatoms. The molecule has 2 N–H and O–H groups in total. The standard InChI is InChI=1S/C22H20BrClN2O2/c23-15-1-3-17-18(10-26(19(17)9-15)12-22(25)5-6-22)21(27)14-7-13-8-16(24)2-4-20(13)28-11-14/h1-4,8-10,14H,5-7,11-12,25H2. The summed E-state index contributed by atoms with van der Waals surface area (Å²) in [5.41, 5.74) is 8.98. The summed E-state index contributed by atoms with van der Waals surface area (Å²) in [6, 6.07) is 11.6. The maximum absolute atomic E-state index is 13.4. The van der Waals surface area contributed by atoms with Crippen molar-refractivity contribution in [1.29, 1.82) is 0 Å². The summed E-state index contributed by atoms with van der Waals surface area (Å²) < 4.78 is 8.97. The Morgan fingerprint density at radius 2 is 2.11 bits per heavy atom. The molecular weight excluding hydrogens is 440 g/mol. The van der Waals surface area contributed by atoms with E-state index in [9.17, 15) is 4.79 Å². The average molecular weight is 460 g/mol. The maximum atomic E-state index is 13.4. The molecule has 1 aromatic heterocycles. The molecule has 2 aromatic carbocycles. The van der Waals surface area contributed by atoms with Crippen molar-refractivity contribution in [3.05, 3.63) is 63.2 Å². The van der Waals surface area contributed by atoms with Gasteiger partial charge in [-0.25, -0.2) is 0 Å². The topological polar surface area (TPSA) is 57.2 Å². The van der Waals surface area contributed by atoms with Gasteiger partial charge >= 0.3 is 0 Å². The first-order valence-corrected chi connectivity index (χ1v) is 10.6. The Hall–Kier alpha value is -1.82. The molecule has 0 spiro atoms. The summed E-state index contributed by atoms with van der Waals surface area (Å²) in [5, 5.41) is 1.63. The van der Waals surface area contributed by atoms with Crippen molar-refractivity contribution in [2.45, 2.75) is 31.3 Å². The molecule has 3 aromatic rings. The van der Waals surface area contributed by atoms with Crippen LogP contribution in [0.15, 0.2) is 47.1 Å². The zero-order chi connectivity index (χ0) is 19.5. The van der Waals surface area contributed by atoms with E-state index in [-0.39, 0.29) is 17.2 Å². The van der Waals surface area contributed by atoms with Gasteiger partial charge in [-0.2, -0.15) is 0 Å². The molecule has 0 amide bonds. The van der Waals surface area contributed by atoms with Crippen molar-refractivity contribution in [3.8, 4) is 5.75 Å². The maximum Gasteiger partial charge on any atom is 0.171 e. The van der Waals surface area contributed by atoms with E-state index in [1.807, 2.05) is 36.5 Å². The minimum atomic E-state index is -0.221. The van der Waals surface area contributed by atoms with Crippen molar-refractivity contribution >= 4 is 44.2 Å². The van der Waals surface area contributed by atoms with Gasteiger partial charge in [0.1, 0.15) is 5.75 Å². The fraction of sp³-hybridized carbons (Fsp3) is 0.318. The van der Waals surface area contributed by atoms with Crippen LogP contribution in [0.1, 0.15) is 28.8 Å². The molecule has 28 heavy (non-hydrogen) atoms. The van der Waals surface area contributed by atoms with Crippen LogP contribution in [0.4, 0.5) is 0 Å². The fourth-order valence-corrected chi connectivity index (χ4v) is 4.55. The number of ketones is 1. The first-order valence-electron chi connectivity index (χ1n) is 9.45. The van der Waals surface area contributed by atoms with Gasteiger partial charge in [-0.15, -0.1) is 0 Å². The Labute approximate surface area is 176 Å². The molecule has 144 valence electrons. The Kier molecular flexibility index (Phi) is 4.30. The molecule has 0 radical (unpaired) electrons. The number of Topliss-reactive ketones (excluding diaryl/α,β-unsaturated/α-hetero) is 1. The molecule has 1 unspecified atom stereocenters. The van der Waals surface area contributed by atoms with E-state index in [2.05, 4.69) is 26.6 Å². The highest BCUT2D eigenvalue weighted by atomic mass is 79.9. The highest BCUT2D eigenvalue weighted by Crippen LogP contribution is 2.37. The molecule has 2 heterocycles. The average Bonchev–Trinajstić information content (AvgIpc) is 3.31. The van der Waals surface area contributed by atoms with Gasteiger partial charge in [0.25, 0.3) is 0 Å². The van der Waals surface area contributed by atoms with Crippen molar-refractivity contribution < 1.29 is 9.53 Å². The van der Waals surface area contributed by atoms with E-state index in [0.29, 0.717) is 18.1 Å². The summed E-state index contributed by atoms with van der Waals surface area (Å²) >= 11 is 9.67. The monoisotopic (exact) mass is 458 g/mol. The van der Waals surface area contributed by atoms with E-state index in [4.69, 9.17) is 22.1 Å². The number of hydrogen-bond donors (Lipinski definition) is 1. The number of halogens is 2. The van der Waals surface area contributed by atoms with Crippen LogP contribution in [-0.4, -0.2) is 22.5 Å². The molecule has 1 aliphatic heterocycles. The molecule has 0 saturated heterocycles. The normalized spacial score (nSPS) is 19.9. The van der Waals surface area contributed by atoms with Gasteiger partial charge < -0.3 is 15.0 Å². The predicted molar refractivity (Wildman–Crippen MR) is 114 cm³/mol. The second-order valence-electron chi connectivity index (χ2n) is 8.02. The Balaban J connectivity index is 1.51. The predicted octanol–water partition coefficient (Wildman–Crippen LogP) is 4.98. The quantitative estimate of drug-likeness (QED) is 0.560. The number of hydrogen-bond acceptors (Lipinski definition) is 3. The SMILES string of the molecule is NC1(Cn2cc(C(=O)C3COc4ccc(Cl)cc4C3)c3ccc(Br)cc32)CC1. The summed E-state index contributed by atoms with van der Waals surface area (Å²) in [5.74, 6) is 0.707. The number of carbonyl (C=O) groups excluding carboxylic acids is 1. The number of nitrogens with two attached hydrogens (primary N) is 1. The molecule has 1 atom stereocenters. The highest BCUT2D eigenvalue weighted by molar-refractivity contribution is 9.10. The lowest BCUT2D eigenvalue weighted by molar-refractivity contribution is 0.0856. The Morgan fingerprint density at radius 3 is 2.89 bits per heavy atom. The first kappa shape index (κ1) is 18.2. The highest BCUT2D eigenvalue weighted by Gasteiger charge is 2.39. The number of carbonyl (C=O) groups is 1. The van der Waals surface area contributed by atoms with Crippen molar-refractivity contribution in [1.82, 2.24) is 4.57 Å². The number of ether oxygens (including phenoxy) is 1. The molecule has 1 saturated carbocycles. The van der Waals surface area contributed by atoms with Crippen LogP contribution in [0.5, 0.6) is 5.75 Å². The number of fused-ring (bicyclic) bond motifs is 2. The summed E-state index contributed by atoms with van der Waals surface area (Å²) in [7, 11) is 0. The van der Waals surface area contributed by atoms with Gasteiger partial charge in [-0.05, 0) is 55.2 Å². The van der Waals surface area contributed by atoms with Gasteiger partial charge in [0, 0.05) is 44.2 Å². The zero-order valence-corrected chi connectivity index (χ0v) is 17.6. The molecule has 5 rings (SSSR count). The van der Waals surface area contributed by atoms with Crippen LogP contribution in [0.2, 0.25) is 5.02 Å². The molecule has 1 aliphatic carbocycles. The Morgan fingerprint density at radius 1 is 1.29 bits per heavy atom. The van der Waals surface area contributed by atoms with Crippen LogP contribution in [-0.2, 0) is 13.0 Å². The lowest BCUT2D eigenvalue weighted by Crippen LogP contribution is -2.29. The second kappa shape index (κ2) is 6.61. The van der Waals surface area contributed by atoms with E-state index in [1.165, 1.54) is 0 Å². The lowest BCUT2D eigenvalue weighted by Gasteiger charge is -2.24. The fourth-order valence-electron chi connectivity index (χ4n) is 4.00. The molecule has 0 bridgehead atoms. The van der Waals surface area contributed by atoms with E-state index < -0.39 is 0 Å². The minimum Gasteiger partial charge on any atom is -0.493 e. The number of rotatable bonds is 4. The Bertz CT molecular complexity index is 1100. The molecule has 2 aliphatic rings. The first-order chi connectivity index (χ1) is 13.4. The summed E-state index contributed by atoms with van der Waals surface area (Å²) in [6.07, 6.45) is 4.66.